The highest BCUT2D eigenvalue weighted by molar-refractivity contribution is 5.77. The lowest BCUT2D eigenvalue weighted by molar-refractivity contribution is -0.124. The lowest BCUT2D eigenvalue weighted by atomic mass is 9.79. The number of aryl methyl sites for hydroxylation is 1. The van der Waals surface area contributed by atoms with Crippen LogP contribution < -0.4 is 10.1 Å². The molecule has 0 atom stereocenters. The number of piperidine rings is 1. The van der Waals surface area contributed by atoms with E-state index in [-0.39, 0.29) is 18.1 Å². The Morgan fingerprint density at radius 2 is 1.76 bits per heavy atom. The van der Waals surface area contributed by atoms with Crippen LogP contribution >= 0.6 is 0 Å². The Labute approximate surface area is 151 Å². The quantitative estimate of drug-likeness (QED) is 0.856. The van der Waals surface area contributed by atoms with Crippen LogP contribution in [0.15, 0.2) is 24.3 Å². The van der Waals surface area contributed by atoms with Gasteiger partial charge in [0, 0.05) is 12.1 Å². The van der Waals surface area contributed by atoms with Crippen molar-refractivity contribution in [3.63, 3.8) is 0 Å². The van der Waals surface area contributed by atoms with Crippen molar-refractivity contribution >= 4 is 5.91 Å². The Morgan fingerprint density at radius 3 is 2.48 bits per heavy atom. The third-order valence-corrected chi connectivity index (χ3v) is 5.88. The lowest BCUT2D eigenvalue weighted by Gasteiger charge is -2.48. The smallest absolute Gasteiger partial charge is 0.258 e. The minimum Gasteiger partial charge on any atom is -0.484 e. The normalized spacial score (nSPS) is 20.8. The fraction of sp³-hybridized carbons (Fsp3) is 0.667. The Hall–Kier alpha value is -1.55. The fourth-order valence-electron chi connectivity index (χ4n) is 4.36. The van der Waals surface area contributed by atoms with Crippen molar-refractivity contribution < 1.29 is 9.53 Å². The Kier molecular flexibility index (Phi) is 6.35. The van der Waals surface area contributed by atoms with Crippen LogP contribution in [0.1, 0.15) is 56.9 Å². The zero-order valence-corrected chi connectivity index (χ0v) is 15.6. The number of rotatable bonds is 6. The van der Waals surface area contributed by atoms with Gasteiger partial charge in [-0.25, -0.2) is 0 Å². The monoisotopic (exact) mass is 344 g/mol. The van der Waals surface area contributed by atoms with Crippen LogP contribution in [0.3, 0.4) is 0 Å². The highest BCUT2D eigenvalue weighted by Crippen LogP contribution is 2.35. The summed E-state index contributed by atoms with van der Waals surface area (Å²) in [5, 5.41) is 3.17. The van der Waals surface area contributed by atoms with E-state index in [1.54, 1.807) is 0 Å². The summed E-state index contributed by atoms with van der Waals surface area (Å²) in [7, 11) is 0. The number of carbonyl (C=O) groups excluding carboxylic acids is 1. The molecule has 1 aromatic carbocycles. The summed E-state index contributed by atoms with van der Waals surface area (Å²) in [4.78, 5) is 15.0. The Balaban J connectivity index is 1.53. The second kappa shape index (κ2) is 8.70. The standard InChI is InChI=1S/C21H32N2O2/c1-18-10-4-5-11-19(18)25-16-20(24)22-17-21(12-6-2-7-13-21)23-14-8-3-9-15-23/h4-5,10-11H,2-3,6-9,12-17H2,1H3,(H,22,24). The summed E-state index contributed by atoms with van der Waals surface area (Å²) in [6.07, 6.45) is 10.3. The number of ether oxygens (including phenoxy) is 1. The van der Waals surface area contributed by atoms with Crippen LogP contribution in [-0.4, -0.2) is 42.6 Å². The van der Waals surface area contributed by atoms with Gasteiger partial charge in [0.2, 0.25) is 0 Å². The number of carbonyl (C=O) groups is 1. The first-order valence-corrected chi connectivity index (χ1v) is 9.90. The van der Waals surface area contributed by atoms with Crippen molar-refractivity contribution in [1.82, 2.24) is 10.2 Å². The Bertz CT molecular complexity index is 561. The van der Waals surface area contributed by atoms with Crippen LogP contribution in [-0.2, 0) is 4.79 Å². The second-order valence-corrected chi connectivity index (χ2v) is 7.66. The van der Waals surface area contributed by atoms with Gasteiger partial charge in [0.1, 0.15) is 5.75 Å². The first-order chi connectivity index (χ1) is 12.2. The topological polar surface area (TPSA) is 41.6 Å². The van der Waals surface area contributed by atoms with Gasteiger partial charge >= 0.3 is 0 Å². The zero-order chi connectivity index (χ0) is 17.5. The van der Waals surface area contributed by atoms with Gasteiger partial charge in [-0.3, -0.25) is 9.69 Å². The highest BCUT2D eigenvalue weighted by atomic mass is 16.5. The van der Waals surface area contributed by atoms with Crippen LogP contribution in [0, 0.1) is 6.92 Å². The maximum absolute atomic E-state index is 12.3. The van der Waals surface area contributed by atoms with Crippen molar-refractivity contribution in [3.8, 4) is 5.75 Å². The molecule has 138 valence electrons. The molecule has 0 bridgehead atoms. The van der Waals surface area contributed by atoms with Gasteiger partial charge in [0.25, 0.3) is 5.91 Å². The van der Waals surface area contributed by atoms with E-state index in [0.717, 1.165) is 17.9 Å². The molecule has 1 aromatic rings. The summed E-state index contributed by atoms with van der Waals surface area (Å²) >= 11 is 0. The van der Waals surface area contributed by atoms with Crippen molar-refractivity contribution in [1.29, 1.82) is 0 Å². The largest absolute Gasteiger partial charge is 0.484 e. The van der Waals surface area contributed by atoms with Crippen LogP contribution in [0.2, 0.25) is 0 Å². The van der Waals surface area contributed by atoms with E-state index in [9.17, 15) is 4.79 Å². The predicted octanol–water partition coefficient (Wildman–Crippen LogP) is 3.68. The molecule has 1 amide bonds. The van der Waals surface area contributed by atoms with E-state index in [4.69, 9.17) is 4.74 Å². The van der Waals surface area contributed by atoms with Gasteiger partial charge in [-0.1, -0.05) is 43.9 Å². The van der Waals surface area contributed by atoms with E-state index < -0.39 is 0 Å². The number of likely N-dealkylation sites (tertiary alicyclic amines) is 1. The van der Waals surface area contributed by atoms with Gasteiger partial charge in [-0.05, 0) is 57.3 Å². The number of benzene rings is 1. The summed E-state index contributed by atoms with van der Waals surface area (Å²) in [5.74, 6) is 0.784. The van der Waals surface area contributed by atoms with Crippen molar-refractivity contribution in [2.45, 2.75) is 63.8 Å². The van der Waals surface area contributed by atoms with E-state index in [1.807, 2.05) is 31.2 Å². The molecule has 2 fully saturated rings. The number of hydrogen-bond acceptors (Lipinski definition) is 3. The minimum atomic E-state index is -0.00906. The molecule has 0 aromatic heterocycles. The van der Waals surface area contributed by atoms with Crippen molar-refractivity contribution in [2.24, 2.45) is 0 Å². The zero-order valence-electron chi connectivity index (χ0n) is 15.6. The van der Waals surface area contributed by atoms with Crippen LogP contribution in [0.4, 0.5) is 0 Å². The molecule has 1 heterocycles. The molecular weight excluding hydrogens is 312 g/mol. The molecule has 1 aliphatic heterocycles. The number of nitrogens with zero attached hydrogens (tertiary/aromatic N) is 1. The highest BCUT2D eigenvalue weighted by Gasteiger charge is 2.38. The molecule has 25 heavy (non-hydrogen) atoms. The van der Waals surface area contributed by atoms with E-state index in [2.05, 4.69) is 10.2 Å². The van der Waals surface area contributed by atoms with Gasteiger partial charge in [0.05, 0.1) is 0 Å². The molecule has 1 saturated carbocycles. The summed E-state index contributed by atoms with van der Waals surface area (Å²) in [6, 6.07) is 7.83. The third kappa shape index (κ3) is 4.75. The van der Waals surface area contributed by atoms with Crippen molar-refractivity contribution in [3.05, 3.63) is 29.8 Å². The molecule has 1 N–H and O–H groups in total. The van der Waals surface area contributed by atoms with E-state index in [1.165, 1.54) is 64.5 Å². The maximum Gasteiger partial charge on any atom is 0.258 e. The summed E-state index contributed by atoms with van der Waals surface area (Å²) in [6.45, 7) is 5.25. The second-order valence-electron chi connectivity index (χ2n) is 7.66. The molecule has 0 radical (unpaired) electrons. The SMILES string of the molecule is Cc1ccccc1OCC(=O)NCC1(N2CCCCC2)CCCCC1. The predicted molar refractivity (Wildman–Crippen MR) is 101 cm³/mol. The number of hydrogen-bond donors (Lipinski definition) is 1. The lowest BCUT2D eigenvalue weighted by Crippen LogP contribution is -2.58. The van der Waals surface area contributed by atoms with E-state index in [0.29, 0.717) is 0 Å². The molecule has 4 nitrogen and oxygen atoms in total. The fourth-order valence-corrected chi connectivity index (χ4v) is 4.36. The molecular formula is C21H32N2O2. The molecule has 1 aliphatic carbocycles. The summed E-state index contributed by atoms with van der Waals surface area (Å²) in [5.41, 5.74) is 1.24. The molecule has 0 unspecified atom stereocenters. The average Bonchev–Trinajstić information content (AvgIpc) is 2.67. The van der Waals surface area contributed by atoms with Crippen LogP contribution in [0.5, 0.6) is 5.75 Å². The van der Waals surface area contributed by atoms with Gasteiger partial charge in [-0.2, -0.15) is 0 Å². The average molecular weight is 344 g/mol. The first kappa shape index (κ1) is 18.2. The van der Waals surface area contributed by atoms with Crippen LogP contribution in [0.25, 0.3) is 0 Å². The maximum atomic E-state index is 12.3. The van der Waals surface area contributed by atoms with Gasteiger partial charge in [-0.15, -0.1) is 0 Å². The number of amides is 1. The summed E-state index contributed by atoms with van der Waals surface area (Å²) < 4.78 is 5.69. The molecule has 3 rings (SSSR count). The van der Waals surface area contributed by atoms with Gasteiger partial charge in [0.15, 0.2) is 6.61 Å². The number of nitrogens with one attached hydrogen (secondary N) is 1. The molecule has 1 saturated heterocycles. The third-order valence-electron chi connectivity index (χ3n) is 5.88. The minimum absolute atomic E-state index is 0.00906. The molecule has 2 aliphatic rings. The molecule has 4 heteroatoms. The van der Waals surface area contributed by atoms with E-state index >= 15 is 0 Å². The van der Waals surface area contributed by atoms with Crippen molar-refractivity contribution in [2.75, 3.05) is 26.2 Å². The Morgan fingerprint density at radius 1 is 1.08 bits per heavy atom. The molecule has 0 spiro atoms. The first-order valence-electron chi connectivity index (χ1n) is 9.90. The number of para-hydroxylation sites is 1. The van der Waals surface area contributed by atoms with Gasteiger partial charge < -0.3 is 10.1 Å².